The number of carbonyl (C=O) groups excluding carboxylic acids is 1. The van der Waals surface area contributed by atoms with Gasteiger partial charge in [-0.15, -0.1) is 0 Å². The van der Waals surface area contributed by atoms with Crippen LogP contribution >= 0.6 is 0 Å². The van der Waals surface area contributed by atoms with E-state index in [0.717, 1.165) is 44.8 Å². The average Bonchev–Trinajstić information content (AvgIpc) is 3.46. The van der Waals surface area contributed by atoms with Gasteiger partial charge in [-0.05, 0) is 80.0 Å². The van der Waals surface area contributed by atoms with E-state index >= 15 is 0 Å². The van der Waals surface area contributed by atoms with Gasteiger partial charge in [0, 0.05) is 17.8 Å². The van der Waals surface area contributed by atoms with Crippen LogP contribution in [0.2, 0.25) is 0 Å². The molecule has 4 aliphatic carbocycles. The molecule has 12 unspecified atom stereocenters. The molecule has 0 aromatic rings. The Bertz CT molecular complexity index is 827. The minimum atomic E-state index is -1.07. The second kappa shape index (κ2) is 7.05. The molecule has 0 aromatic carbocycles. The Morgan fingerprint density at radius 3 is 2.33 bits per heavy atom. The minimum Gasteiger partial charge on any atom is -0.393 e. The van der Waals surface area contributed by atoms with Crippen LogP contribution in [-0.4, -0.2) is 51.1 Å². The quantitative estimate of drug-likeness (QED) is 0.429. The van der Waals surface area contributed by atoms with Gasteiger partial charge in [-0.2, -0.15) is 0 Å². The van der Waals surface area contributed by atoms with Gasteiger partial charge < -0.3 is 24.9 Å². The lowest BCUT2D eigenvalue weighted by molar-refractivity contribution is -0.266. The van der Waals surface area contributed by atoms with Crippen molar-refractivity contribution in [2.75, 3.05) is 0 Å². The molecular weight excluding hydrogens is 416 g/mol. The fourth-order valence-corrected chi connectivity index (χ4v) is 10.8. The van der Waals surface area contributed by atoms with E-state index in [-0.39, 0.29) is 45.2 Å². The third kappa shape index (κ3) is 2.61. The first-order valence-corrected chi connectivity index (χ1v) is 13.5. The summed E-state index contributed by atoms with van der Waals surface area (Å²) in [5.74, 6) is 0.445. The van der Waals surface area contributed by atoms with Crippen LogP contribution in [0.4, 0.5) is 0 Å². The van der Waals surface area contributed by atoms with Crippen LogP contribution in [0.25, 0.3) is 0 Å². The smallest absolute Gasteiger partial charge is 0.120 e. The number of fused-ring (bicyclic) bond motifs is 4. The summed E-state index contributed by atoms with van der Waals surface area (Å²) in [4.78, 5) is 11.9. The van der Waals surface area contributed by atoms with Gasteiger partial charge in [0.05, 0.1) is 23.9 Å². The Hall–Kier alpha value is -0.490. The number of aliphatic hydroxyl groups excluding tert-OH is 2. The molecule has 0 aromatic heterocycles. The maximum Gasteiger partial charge on any atom is 0.120 e. The van der Waals surface area contributed by atoms with Crippen molar-refractivity contribution in [3.63, 3.8) is 0 Å². The number of aliphatic hydroxyl groups is 3. The van der Waals surface area contributed by atoms with Crippen LogP contribution in [-0.2, 0) is 9.53 Å². The van der Waals surface area contributed by atoms with E-state index in [0.29, 0.717) is 25.2 Å². The first-order valence-electron chi connectivity index (χ1n) is 13.5. The molecule has 5 nitrogen and oxygen atoms in total. The van der Waals surface area contributed by atoms with Crippen LogP contribution in [0.15, 0.2) is 0 Å². The summed E-state index contributed by atoms with van der Waals surface area (Å²) in [6, 6.07) is 0. The molecule has 12 atom stereocenters. The topological polar surface area (TPSA) is 90.3 Å². The van der Waals surface area contributed by atoms with Crippen molar-refractivity contribution in [3.05, 3.63) is 0 Å². The Kier molecular flexibility index (Phi) is 5.17. The van der Waals surface area contributed by atoms with E-state index < -0.39 is 17.8 Å². The zero-order valence-corrected chi connectivity index (χ0v) is 21.6. The fourth-order valence-electron chi connectivity index (χ4n) is 10.8. The van der Waals surface area contributed by atoms with Gasteiger partial charge in [0.1, 0.15) is 11.9 Å². The van der Waals surface area contributed by atoms with Crippen LogP contribution in [0.1, 0.15) is 99.3 Å². The zero-order chi connectivity index (χ0) is 24.2. The van der Waals surface area contributed by atoms with Crippen molar-refractivity contribution in [2.45, 2.75) is 129 Å². The van der Waals surface area contributed by atoms with Crippen LogP contribution in [0.3, 0.4) is 0 Å². The molecule has 5 heteroatoms. The van der Waals surface area contributed by atoms with E-state index in [1.165, 1.54) is 0 Å². The fraction of sp³-hybridized carbons (Fsp3) is 0.964. The van der Waals surface area contributed by atoms with Gasteiger partial charge in [-0.25, -0.2) is 0 Å². The maximum atomic E-state index is 11.9. The average molecular weight is 463 g/mol. The molecule has 1 heterocycles. The lowest BCUT2D eigenvalue weighted by atomic mass is 9.32. The zero-order valence-electron chi connectivity index (χ0n) is 21.6. The summed E-state index contributed by atoms with van der Waals surface area (Å²) < 4.78 is 6.80. The highest BCUT2D eigenvalue weighted by Gasteiger charge is 2.84. The molecule has 4 saturated carbocycles. The summed E-state index contributed by atoms with van der Waals surface area (Å²) in [7, 11) is 0. The van der Waals surface area contributed by atoms with E-state index in [4.69, 9.17) is 4.74 Å². The molecular formula is C28H46O5. The highest BCUT2D eigenvalue weighted by molar-refractivity contribution is 5.52. The van der Waals surface area contributed by atoms with E-state index in [2.05, 4.69) is 34.6 Å². The molecule has 5 aliphatic rings. The predicted octanol–water partition coefficient (Wildman–Crippen LogP) is 4.25. The summed E-state index contributed by atoms with van der Waals surface area (Å²) in [6.45, 7) is 13.3. The molecule has 0 bridgehead atoms. The molecule has 0 radical (unpaired) electrons. The number of ether oxygens (including phenoxy) is 1. The standard InChI is InChI=1S/C28H46O5/c1-7-11-24(3)18(10-14-29)28-22(33-28)15-19-23(2)12-9-20(30)27(6,32)17(23)8-13-25(19,4)26(28,5)16-21(24)31/h14,17-22,30-32H,7-13,15-16H2,1-6H3. The van der Waals surface area contributed by atoms with E-state index in [9.17, 15) is 20.1 Å². The third-order valence-corrected chi connectivity index (χ3v) is 12.8. The Morgan fingerprint density at radius 1 is 1.00 bits per heavy atom. The van der Waals surface area contributed by atoms with Crippen molar-refractivity contribution >= 4 is 6.29 Å². The summed E-state index contributed by atoms with van der Waals surface area (Å²) in [5.41, 5.74) is -2.09. The monoisotopic (exact) mass is 462 g/mol. The summed E-state index contributed by atoms with van der Waals surface area (Å²) >= 11 is 0. The highest BCUT2D eigenvalue weighted by Crippen LogP contribution is 2.81. The Morgan fingerprint density at radius 2 is 1.70 bits per heavy atom. The van der Waals surface area contributed by atoms with Gasteiger partial charge in [0.25, 0.3) is 0 Å². The SMILES string of the molecule is CCCC1(C)C(O)CC2(C)C3(C)CCC4C(C)(O)C(O)CCC4(C)C3CC3OC32C1CC=O. The minimum absolute atomic E-state index is 0.0285. The number of hydrogen-bond donors (Lipinski definition) is 3. The van der Waals surface area contributed by atoms with Crippen molar-refractivity contribution in [3.8, 4) is 0 Å². The molecule has 188 valence electrons. The third-order valence-electron chi connectivity index (χ3n) is 12.8. The lowest BCUT2D eigenvalue weighted by Gasteiger charge is -2.71. The molecule has 3 N–H and O–H groups in total. The van der Waals surface area contributed by atoms with Crippen molar-refractivity contribution < 1.29 is 24.9 Å². The molecule has 5 rings (SSSR count). The van der Waals surface area contributed by atoms with Gasteiger partial charge >= 0.3 is 0 Å². The van der Waals surface area contributed by atoms with Crippen LogP contribution < -0.4 is 0 Å². The molecule has 5 fully saturated rings. The van der Waals surface area contributed by atoms with Crippen molar-refractivity contribution in [2.24, 2.45) is 39.4 Å². The molecule has 0 amide bonds. The van der Waals surface area contributed by atoms with Gasteiger partial charge in [-0.3, -0.25) is 0 Å². The molecule has 33 heavy (non-hydrogen) atoms. The van der Waals surface area contributed by atoms with E-state index in [1.54, 1.807) is 0 Å². The van der Waals surface area contributed by atoms with Gasteiger partial charge in [-0.1, -0.05) is 41.0 Å². The van der Waals surface area contributed by atoms with Gasteiger partial charge in [0.15, 0.2) is 0 Å². The number of hydrogen-bond acceptors (Lipinski definition) is 5. The number of epoxide rings is 1. The summed E-state index contributed by atoms with van der Waals surface area (Å²) in [6.07, 6.45) is 7.42. The summed E-state index contributed by atoms with van der Waals surface area (Å²) in [5, 5.41) is 33.7. The van der Waals surface area contributed by atoms with Crippen molar-refractivity contribution in [1.29, 1.82) is 0 Å². The first kappa shape index (κ1) is 24.2. The predicted molar refractivity (Wildman–Crippen MR) is 126 cm³/mol. The van der Waals surface area contributed by atoms with Crippen molar-refractivity contribution in [1.82, 2.24) is 0 Å². The van der Waals surface area contributed by atoms with Gasteiger partial charge in [0.2, 0.25) is 0 Å². The van der Waals surface area contributed by atoms with E-state index in [1.807, 2.05) is 6.92 Å². The Balaban J connectivity index is 1.61. The first-order chi connectivity index (χ1) is 15.3. The molecule has 1 aliphatic heterocycles. The second-order valence-electron chi connectivity index (χ2n) is 13.7. The largest absolute Gasteiger partial charge is 0.393 e. The normalized spacial score (nSPS) is 61.8. The maximum absolute atomic E-state index is 11.9. The number of carbonyl (C=O) groups is 1. The number of rotatable bonds is 4. The lowest BCUT2D eigenvalue weighted by Crippen LogP contribution is -2.72. The Labute approximate surface area is 199 Å². The van der Waals surface area contributed by atoms with Crippen LogP contribution in [0, 0.1) is 39.4 Å². The molecule has 1 spiro atoms. The number of aldehydes is 1. The second-order valence-corrected chi connectivity index (χ2v) is 13.7. The molecule has 1 saturated heterocycles. The van der Waals surface area contributed by atoms with Crippen LogP contribution in [0.5, 0.6) is 0 Å². The highest BCUT2D eigenvalue weighted by atomic mass is 16.6.